The first kappa shape index (κ1) is 19.4. The van der Waals surface area contributed by atoms with Crippen molar-refractivity contribution < 1.29 is 14.3 Å². The highest BCUT2D eigenvalue weighted by atomic mass is 32.1. The van der Waals surface area contributed by atoms with Crippen LogP contribution in [0.15, 0.2) is 17.5 Å². The van der Waals surface area contributed by atoms with E-state index < -0.39 is 0 Å². The van der Waals surface area contributed by atoms with E-state index >= 15 is 0 Å². The quantitative estimate of drug-likeness (QED) is 0.739. The molecule has 1 aromatic rings. The normalized spacial score (nSPS) is 21.5. The van der Waals surface area contributed by atoms with Crippen LogP contribution >= 0.6 is 11.3 Å². The fourth-order valence-corrected chi connectivity index (χ4v) is 4.53. The lowest BCUT2D eigenvalue weighted by Crippen LogP contribution is -2.45. The molecule has 26 heavy (non-hydrogen) atoms. The van der Waals surface area contributed by atoms with E-state index in [1.807, 2.05) is 22.4 Å². The van der Waals surface area contributed by atoms with E-state index in [0.717, 1.165) is 37.3 Å². The van der Waals surface area contributed by atoms with Crippen molar-refractivity contribution in [1.29, 1.82) is 0 Å². The lowest BCUT2D eigenvalue weighted by atomic mass is 9.97. The molecule has 1 N–H and O–H groups in total. The molecule has 3 rings (SSSR count). The van der Waals surface area contributed by atoms with Gasteiger partial charge in [-0.2, -0.15) is 0 Å². The van der Waals surface area contributed by atoms with Crippen LogP contribution in [-0.2, 0) is 9.53 Å². The van der Waals surface area contributed by atoms with E-state index in [-0.39, 0.29) is 17.7 Å². The maximum atomic E-state index is 12.5. The number of hydrogen-bond donors (Lipinski definition) is 1. The molecule has 1 aliphatic heterocycles. The SMILES string of the molecule is O=C(NCCCOC1CCCCC1)C1CCCN(C(=O)c2cccs2)C1. The highest BCUT2D eigenvalue weighted by Gasteiger charge is 2.29. The van der Waals surface area contributed by atoms with Crippen LogP contribution in [0, 0.1) is 5.92 Å². The number of nitrogens with one attached hydrogen (secondary N) is 1. The summed E-state index contributed by atoms with van der Waals surface area (Å²) in [6.45, 7) is 2.65. The van der Waals surface area contributed by atoms with Crippen molar-refractivity contribution in [3.8, 4) is 0 Å². The number of carbonyl (C=O) groups is 2. The zero-order valence-electron chi connectivity index (χ0n) is 15.5. The number of ether oxygens (including phenoxy) is 1. The molecule has 1 saturated carbocycles. The molecule has 0 spiro atoms. The van der Waals surface area contributed by atoms with Crippen LogP contribution < -0.4 is 5.32 Å². The molecule has 5 nitrogen and oxygen atoms in total. The van der Waals surface area contributed by atoms with Crippen LogP contribution in [0.1, 0.15) is 61.0 Å². The Morgan fingerprint density at radius 3 is 2.81 bits per heavy atom. The van der Waals surface area contributed by atoms with E-state index in [0.29, 0.717) is 19.2 Å². The Hall–Kier alpha value is -1.40. The summed E-state index contributed by atoms with van der Waals surface area (Å²) >= 11 is 1.46. The van der Waals surface area contributed by atoms with Crippen LogP contribution in [0.5, 0.6) is 0 Å². The first-order valence-electron chi connectivity index (χ1n) is 9.96. The third-order valence-corrected chi connectivity index (χ3v) is 6.20. The van der Waals surface area contributed by atoms with Gasteiger partial charge >= 0.3 is 0 Å². The zero-order valence-corrected chi connectivity index (χ0v) is 16.3. The van der Waals surface area contributed by atoms with Gasteiger partial charge in [0.15, 0.2) is 0 Å². The molecule has 1 unspecified atom stereocenters. The first-order chi connectivity index (χ1) is 12.7. The smallest absolute Gasteiger partial charge is 0.263 e. The van der Waals surface area contributed by atoms with Crippen molar-refractivity contribution in [3.63, 3.8) is 0 Å². The topological polar surface area (TPSA) is 58.6 Å². The molecule has 2 heterocycles. The molecular weight excluding hydrogens is 348 g/mol. The standard InChI is InChI=1S/C20H30N2O3S/c23-19(21-11-6-13-25-17-8-2-1-3-9-17)16-7-4-12-22(15-16)20(24)18-10-5-14-26-18/h5,10,14,16-17H,1-4,6-9,11-13,15H2,(H,21,23). The van der Waals surface area contributed by atoms with Gasteiger partial charge in [-0.05, 0) is 43.6 Å². The van der Waals surface area contributed by atoms with Crippen molar-refractivity contribution in [2.45, 2.75) is 57.5 Å². The maximum absolute atomic E-state index is 12.5. The third kappa shape index (κ3) is 5.55. The molecule has 0 bridgehead atoms. The van der Waals surface area contributed by atoms with Crippen LogP contribution in [0.3, 0.4) is 0 Å². The molecule has 2 aliphatic rings. The number of nitrogens with zero attached hydrogens (tertiary/aromatic N) is 1. The van der Waals surface area contributed by atoms with E-state index in [4.69, 9.17) is 4.74 Å². The number of carbonyl (C=O) groups excluding carboxylic acids is 2. The number of hydrogen-bond acceptors (Lipinski definition) is 4. The molecule has 0 aromatic carbocycles. The Labute approximate surface area is 160 Å². The van der Waals surface area contributed by atoms with Gasteiger partial charge in [0.2, 0.25) is 5.91 Å². The van der Waals surface area contributed by atoms with Crippen LogP contribution in [0.4, 0.5) is 0 Å². The second kappa shape index (κ2) is 10.1. The van der Waals surface area contributed by atoms with Gasteiger partial charge in [-0.25, -0.2) is 0 Å². The Kier molecular flexibility index (Phi) is 7.50. The van der Waals surface area contributed by atoms with Crippen molar-refractivity contribution >= 4 is 23.2 Å². The summed E-state index contributed by atoms with van der Waals surface area (Å²) in [6, 6.07) is 3.74. The molecule has 0 radical (unpaired) electrons. The number of likely N-dealkylation sites (tertiary alicyclic amines) is 1. The zero-order chi connectivity index (χ0) is 18.2. The summed E-state index contributed by atoms with van der Waals surface area (Å²) in [5.74, 6) is 0.0386. The molecule has 1 atom stereocenters. The summed E-state index contributed by atoms with van der Waals surface area (Å²) in [7, 11) is 0. The predicted molar refractivity (Wildman–Crippen MR) is 103 cm³/mol. The average Bonchev–Trinajstić information content (AvgIpc) is 3.23. The average molecular weight is 379 g/mol. The fraction of sp³-hybridized carbons (Fsp3) is 0.700. The van der Waals surface area contributed by atoms with E-state index in [9.17, 15) is 9.59 Å². The van der Waals surface area contributed by atoms with Gasteiger partial charge in [0, 0.05) is 26.2 Å². The van der Waals surface area contributed by atoms with Crippen LogP contribution in [0.25, 0.3) is 0 Å². The van der Waals surface area contributed by atoms with Gasteiger partial charge in [-0.1, -0.05) is 25.3 Å². The van der Waals surface area contributed by atoms with Crippen molar-refractivity contribution in [1.82, 2.24) is 10.2 Å². The van der Waals surface area contributed by atoms with Crippen molar-refractivity contribution in [2.24, 2.45) is 5.92 Å². The van der Waals surface area contributed by atoms with Gasteiger partial charge < -0.3 is 15.0 Å². The van der Waals surface area contributed by atoms with Crippen LogP contribution in [0.2, 0.25) is 0 Å². The van der Waals surface area contributed by atoms with E-state index in [2.05, 4.69) is 5.32 Å². The van der Waals surface area contributed by atoms with Gasteiger partial charge in [0.25, 0.3) is 5.91 Å². The largest absolute Gasteiger partial charge is 0.378 e. The molecule has 6 heteroatoms. The molecular formula is C20H30N2O3S. The second-order valence-corrected chi connectivity index (χ2v) is 8.29. The first-order valence-corrected chi connectivity index (χ1v) is 10.8. The van der Waals surface area contributed by atoms with Crippen molar-refractivity contribution in [3.05, 3.63) is 22.4 Å². The van der Waals surface area contributed by atoms with Crippen LogP contribution in [-0.4, -0.2) is 49.1 Å². The maximum Gasteiger partial charge on any atom is 0.263 e. The molecule has 2 fully saturated rings. The number of rotatable bonds is 7. The Bertz CT molecular complexity index is 570. The Morgan fingerprint density at radius 2 is 2.04 bits per heavy atom. The lowest BCUT2D eigenvalue weighted by Gasteiger charge is -2.31. The summed E-state index contributed by atoms with van der Waals surface area (Å²) in [4.78, 5) is 27.5. The highest BCUT2D eigenvalue weighted by molar-refractivity contribution is 7.12. The molecule has 1 aliphatic carbocycles. The Morgan fingerprint density at radius 1 is 1.19 bits per heavy atom. The summed E-state index contributed by atoms with van der Waals surface area (Å²) in [5.41, 5.74) is 0. The summed E-state index contributed by atoms with van der Waals surface area (Å²) in [5, 5.41) is 4.94. The predicted octanol–water partition coefficient (Wildman–Crippen LogP) is 3.46. The minimum atomic E-state index is -0.0908. The third-order valence-electron chi connectivity index (χ3n) is 5.34. The summed E-state index contributed by atoms with van der Waals surface area (Å²) < 4.78 is 5.90. The minimum absolute atomic E-state index is 0.0541. The van der Waals surface area contributed by atoms with Gasteiger partial charge in [-0.15, -0.1) is 11.3 Å². The fourth-order valence-electron chi connectivity index (χ4n) is 3.84. The van der Waals surface area contributed by atoms with E-state index in [1.165, 1.54) is 43.4 Å². The lowest BCUT2D eigenvalue weighted by molar-refractivity contribution is -0.126. The van der Waals surface area contributed by atoms with Gasteiger partial charge in [-0.3, -0.25) is 9.59 Å². The molecule has 144 valence electrons. The molecule has 1 aromatic heterocycles. The number of amides is 2. The van der Waals surface area contributed by atoms with Gasteiger partial charge in [0.05, 0.1) is 16.9 Å². The van der Waals surface area contributed by atoms with Gasteiger partial charge in [0.1, 0.15) is 0 Å². The monoisotopic (exact) mass is 378 g/mol. The number of thiophene rings is 1. The molecule has 1 saturated heterocycles. The second-order valence-electron chi connectivity index (χ2n) is 7.34. The van der Waals surface area contributed by atoms with Crippen molar-refractivity contribution in [2.75, 3.05) is 26.2 Å². The minimum Gasteiger partial charge on any atom is -0.378 e. The number of piperidine rings is 1. The summed E-state index contributed by atoms with van der Waals surface area (Å²) in [6.07, 6.45) is 9.29. The Balaban J connectivity index is 1.34. The highest BCUT2D eigenvalue weighted by Crippen LogP contribution is 2.21. The van der Waals surface area contributed by atoms with E-state index in [1.54, 1.807) is 0 Å². The molecule has 2 amide bonds.